The minimum Gasteiger partial charge on any atom is -0.453 e. The average molecular weight is 288 g/mol. The normalized spacial score (nSPS) is 18.7. The van der Waals surface area contributed by atoms with E-state index in [0.29, 0.717) is 0 Å². The second-order valence-electron chi connectivity index (χ2n) is 5.36. The molecule has 20 heavy (non-hydrogen) atoms. The minimum absolute atomic E-state index is 0.120. The Hall–Kier alpha value is -1.83. The summed E-state index contributed by atoms with van der Waals surface area (Å²) in [6.45, 7) is 5.05. The molecule has 2 amide bonds. The molecule has 0 aromatic rings. The molecule has 0 radical (unpaired) electrons. The Bertz CT molecular complexity index is 390. The van der Waals surface area contributed by atoms with Crippen LogP contribution >= 0.6 is 0 Å². The first-order chi connectivity index (χ1) is 9.24. The monoisotopic (exact) mass is 288 g/mol. The summed E-state index contributed by atoms with van der Waals surface area (Å²) in [6.07, 6.45) is -0.677. The number of ether oxygens (including phenoxy) is 3. The summed E-state index contributed by atoms with van der Waals surface area (Å²) in [4.78, 5) is 35.5. The van der Waals surface area contributed by atoms with Crippen LogP contribution in [0.4, 0.5) is 4.79 Å². The number of nitrogens with one attached hydrogen (secondary N) is 1. The predicted octanol–water partition coefficient (Wildman–Crippen LogP) is -0.131. The molecule has 1 rings (SSSR count). The van der Waals surface area contributed by atoms with Crippen molar-refractivity contribution in [2.75, 3.05) is 27.1 Å². The van der Waals surface area contributed by atoms with Crippen LogP contribution in [0.25, 0.3) is 0 Å². The predicted molar refractivity (Wildman–Crippen MR) is 67.7 cm³/mol. The highest BCUT2D eigenvalue weighted by atomic mass is 16.6. The van der Waals surface area contributed by atoms with Crippen LogP contribution in [0.5, 0.6) is 0 Å². The summed E-state index contributed by atoms with van der Waals surface area (Å²) in [7, 11) is 1.21. The molecule has 1 aliphatic heterocycles. The van der Waals surface area contributed by atoms with E-state index >= 15 is 0 Å². The molecule has 0 saturated carbocycles. The van der Waals surface area contributed by atoms with Gasteiger partial charge in [-0.1, -0.05) is 0 Å². The zero-order chi connectivity index (χ0) is 15.3. The molecule has 0 bridgehead atoms. The molecule has 8 nitrogen and oxygen atoms in total. The topological polar surface area (TPSA) is 94.2 Å². The molecule has 1 N–H and O–H groups in total. The molecule has 1 atom stereocenters. The standard InChI is InChI=1S/C12H20N2O6/c1-12(2,3)13-9(15)6-19-5-8-10(16)20-7-14(8)11(17)18-4/h8H,5-7H2,1-4H3,(H,13,15)/t8-/m0/s1. The Morgan fingerprint density at radius 1 is 1.45 bits per heavy atom. The lowest BCUT2D eigenvalue weighted by atomic mass is 10.1. The molecule has 1 aliphatic rings. The number of cyclic esters (lactones) is 1. The van der Waals surface area contributed by atoms with Gasteiger partial charge < -0.3 is 19.5 Å². The van der Waals surface area contributed by atoms with Crippen LogP contribution in [-0.4, -0.2) is 61.5 Å². The smallest absolute Gasteiger partial charge is 0.413 e. The molecule has 114 valence electrons. The van der Waals surface area contributed by atoms with E-state index in [4.69, 9.17) is 9.47 Å². The van der Waals surface area contributed by atoms with Gasteiger partial charge in [0, 0.05) is 5.54 Å². The Labute approximate surface area is 117 Å². The van der Waals surface area contributed by atoms with Gasteiger partial charge >= 0.3 is 12.1 Å². The van der Waals surface area contributed by atoms with E-state index in [-0.39, 0.29) is 31.4 Å². The van der Waals surface area contributed by atoms with E-state index in [0.717, 1.165) is 4.90 Å². The molecule has 0 unspecified atom stereocenters. The van der Waals surface area contributed by atoms with Gasteiger partial charge in [-0.05, 0) is 20.8 Å². The Balaban J connectivity index is 2.41. The highest BCUT2D eigenvalue weighted by Crippen LogP contribution is 2.13. The number of hydrogen-bond acceptors (Lipinski definition) is 6. The molecule has 1 saturated heterocycles. The number of hydrogen-bond donors (Lipinski definition) is 1. The lowest BCUT2D eigenvalue weighted by molar-refractivity contribution is -0.141. The Morgan fingerprint density at radius 2 is 2.10 bits per heavy atom. The summed E-state index contributed by atoms with van der Waals surface area (Å²) < 4.78 is 14.4. The molecule has 0 aromatic heterocycles. The zero-order valence-corrected chi connectivity index (χ0v) is 12.1. The van der Waals surface area contributed by atoms with E-state index in [1.165, 1.54) is 7.11 Å². The molecule has 0 spiro atoms. The molecule has 8 heteroatoms. The average Bonchev–Trinajstić information content (AvgIpc) is 2.68. The van der Waals surface area contributed by atoms with Gasteiger partial charge in [0.1, 0.15) is 6.61 Å². The van der Waals surface area contributed by atoms with E-state index in [9.17, 15) is 14.4 Å². The largest absolute Gasteiger partial charge is 0.453 e. The second kappa shape index (κ2) is 6.56. The number of nitrogens with zero attached hydrogens (tertiary/aromatic N) is 1. The molecule has 1 fully saturated rings. The van der Waals surface area contributed by atoms with E-state index in [2.05, 4.69) is 10.1 Å². The van der Waals surface area contributed by atoms with Crippen molar-refractivity contribution in [1.82, 2.24) is 10.2 Å². The van der Waals surface area contributed by atoms with Gasteiger partial charge in [0.25, 0.3) is 0 Å². The van der Waals surface area contributed by atoms with Gasteiger partial charge in [-0.2, -0.15) is 0 Å². The van der Waals surface area contributed by atoms with Crippen LogP contribution in [0, 0.1) is 0 Å². The molecule has 0 aromatic carbocycles. The van der Waals surface area contributed by atoms with Crippen LogP contribution in [0.1, 0.15) is 20.8 Å². The third-order valence-corrected chi connectivity index (χ3v) is 2.43. The molecule has 0 aliphatic carbocycles. The molecular formula is C12H20N2O6. The van der Waals surface area contributed by atoms with Crippen molar-refractivity contribution in [2.45, 2.75) is 32.4 Å². The van der Waals surface area contributed by atoms with Crippen molar-refractivity contribution in [3.05, 3.63) is 0 Å². The lowest BCUT2D eigenvalue weighted by Crippen LogP contribution is -2.44. The summed E-state index contributed by atoms with van der Waals surface area (Å²) in [5, 5.41) is 2.72. The zero-order valence-electron chi connectivity index (χ0n) is 12.1. The van der Waals surface area contributed by atoms with Gasteiger partial charge in [0.05, 0.1) is 13.7 Å². The fraction of sp³-hybridized carbons (Fsp3) is 0.750. The van der Waals surface area contributed by atoms with Crippen LogP contribution in [0.2, 0.25) is 0 Å². The highest BCUT2D eigenvalue weighted by molar-refractivity contribution is 5.84. The number of amides is 2. The minimum atomic E-state index is -0.884. The van der Waals surface area contributed by atoms with Crippen LogP contribution in [-0.2, 0) is 23.8 Å². The van der Waals surface area contributed by atoms with Gasteiger partial charge in [-0.25, -0.2) is 9.59 Å². The van der Waals surface area contributed by atoms with Crippen molar-refractivity contribution < 1.29 is 28.6 Å². The highest BCUT2D eigenvalue weighted by Gasteiger charge is 2.38. The van der Waals surface area contributed by atoms with Gasteiger partial charge in [0.2, 0.25) is 5.91 Å². The number of carbonyl (C=O) groups excluding carboxylic acids is 3. The van der Waals surface area contributed by atoms with Crippen molar-refractivity contribution in [3.8, 4) is 0 Å². The first-order valence-corrected chi connectivity index (χ1v) is 6.14. The summed E-state index contributed by atoms with van der Waals surface area (Å²) in [5.74, 6) is -0.875. The van der Waals surface area contributed by atoms with E-state index in [1.54, 1.807) is 0 Å². The van der Waals surface area contributed by atoms with Crippen LogP contribution < -0.4 is 5.32 Å². The third-order valence-electron chi connectivity index (χ3n) is 2.43. The number of rotatable bonds is 4. The maximum Gasteiger partial charge on any atom is 0.413 e. The van der Waals surface area contributed by atoms with Gasteiger partial charge in [-0.15, -0.1) is 0 Å². The van der Waals surface area contributed by atoms with E-state index < -0.39 is 18.1 Å². The first-order valence-electron chi connectivity index (χ1n) is 6.14. The quantitative estimate of drug-likeness (QED) is 0.724. The van der Waals surface area contributed by atoms with Gasteiger partial charge in [0.15, 0.2) is 12.8 Å². The Kier molecular flexibility index (Phi) is 5.32. The summed E-state index contributed by atoms with van der Waals surface area (Å²) in [5.41, 5.74) is -0.356. The first kappa shape index (κ1) is 16.2. The van der Waals surface area contributed by atoms with Crippen molar-refractivity contribution >= 4 is 18.0 Å². The van der Waals surface area contributed by atoms with Crippen molar-refractivity contribution in [1.29, 1.82) is 0 Å². The lowest BCUT2D eigenvalue weighted by Gasteiger charge is -2.21. The number of carbonyl (C=O) groups is 3. The maximum atomic E-state index is 11.5. The Morgan fingerprint density at radius 3 is 2.65 bits per heavy atom. The summed E-state index contributed by atoms with van der Waals surface area (Å²) >= 11 is 0. The molecular weight excluding hydrogens is 268 g/mol. The van der Waals surface area contributed by atoms with Gasteiger partial charge in [-0.3, -0.25) is 9.69 Å². The maximum absolute atomic E-state index is 11.5. The fourth-order valence-corrected chi connectivity index (χ4v) is 1.62. The van der Waals surface area contributed by atoms with Crippen molar-refractivity contribution in [3.63, 3.8) is 0 Å². The SMILES string of the molecule is COC(=O)N1COC(=O)[C@@H]1COCC(=O)NC(C)(C)C. The molecule has 1 heterocycles. The fourth-order valence-electron chi connectivity index (χ4n) is 1.62. The number of esters is 1. The second-order valence-corrected chi connectivity index (χ2v) is 5.36. The summed E-state index contributed by atoms with van der Waals surface area (Å²) in [6, 6.07) is -0.884. The van der Waals surface area contributed by atoms with E-state index in [1.807, 2.05) is 20.8 Å². The van der Waals surface area contributed by atoms with Crippen molar-refractivity contribution in [2.24, 2.45) is 0 Å². The third kappa shape index (κ3) is 4.69. The van der Waals surface area contributed by atoms with Crippen LogP contribution in [0.3, 0.4) is 0 Å². The van der Waals surface area contributed by atoms with Crippen LogP contribution in [0.15, 0.2) is 0 Å². The number of methoxy groups -OCH3 is 1.